The topological polar surface area (TPSA) is 50.4 Å². The summed E-state index contributed by atoms with van der Waals surface area (Å²) in [5.41, 5.74) is -2.48. The van der Waals surface area contributed by atoms with Gasteiger partial charge in [0.25, 0.3) is 0 Å². The zero-order valence-electron chi connectivity index (χ0n) is 19.9. The molecule has 10 heteroatoms. The van der Waals surface area contributed by atoms with Gasteiger partial charge < -0.3 is 15.4 Å². The Morgan fingerprint density at radius 2 is 1.69 bits per heavy atom. The third-order valence-corrected chi connectivity index (χ3v) is 6.31. The van der Waals surface area contributed by atoms with E-state index in [9.17, 15) is 31.1 Å². The van der Waals surface area contributed by atoms with Gasteiger partial charge in [0.05, 0.1) is 29.4 Å². The van der Waals surface area contributed by atoms with Crippen molar-refractivity contribution in [3.8, 4) is 0 Å². The second-order valence-corrected chi connectivity index (χ2v) is 9.11. The standard InChI is InChI=1S/C26H28F6N2O2/c1-16(2)23(35)34-22-9-10-24(33-14-22,19-7-5-4-6-8-19)15-36-17(3)18-11-20(25(27,28)29)13-21(12-18)26(30,31)32/h4-8,11-13,17,22,33H,1,9-10,14-15H2,2-3H3,(H,34,35)/t17?,22-,24+/m0/s1. The fourth-order valence-corrected chi connectivity index (χ4v) is 4.15. The van der Waals surface area contributed by atoms with E-state index in [1.807, 2.05) is 30.3 Å². The summed E-state index contributed by atoms with van der Waals surface area (Å²) in [4.78, 5) is 12.0. The van der Waals surface area contributed by atoms with Crippen LogP contribution in [-0.4, -0.2) is 25.1 Å². The average molecular weight is 515 g/mol. The maximum Gasteiger partial charge on any atom is 0.416 e. The maximum absolute atomic E-state index is 13.3. The minimum atomic E-state index is -4.94. The minimum Gasteiger partial charge on any atom is -0.372 e. The molecule has 1 fully saturated rings. The van der Waals surface area contributed by atoms with E-state index in [4.69, 9.17) is 4.74 Å². The van der Waals surface area contributed by atoms with Gasteiger partial charge in [0.2, 0.25) is 5.91 Å². The van der Waals surface area contributed by atoms with Crippen molar-refractivity contribution >= 4 is 5.91 Å². The van der Waals surface area contributed by atoms with Crippen molar-refractivity contribution in [1.82, 2.24) is 10.6 Å². The van der Waals surface area contributed by atoms with Gasteiger partial charge in [-0.2, -0.15) is 26.3 Å². The van der Waals surface area contributed by atoms with Gasteiger partial charge in [0.15, 0.2) is 0 Å². The lowest BCUT2D eigenvalue weighted by molar-refractivity contribution is -0.143. The number of alkyl halides is 6. The number of carbonyl (C=O) groups excluding carboxylic acids is 1. The maximum atomic E-state index is 13.3. The van der Waals surface area contributed by atoms with E-state index < -0.39 is 35.1 Å². The molecule has 3 atom stereocenters. The number of nitrogens with one attached hydrogen (secondary N) is 2. The molecule has 0 aromatic heterocycles. The van der Waals surface area contributed by atoms with Crippen molar-refractivity contribution in [1.29, 1.82) is 0 Å². The van der Waals surface area contributed by atoms with E-state index in [2.05, 4.69) is 17.2 Å². The van der Waals surface area contributed by atoms with Crippen LogP contribution in [0, 0.1) is 0 Å². The summed E-state index contributed by atoms with van der Waals surface area (Å²) in [6, 6.07) is 10.6. The number of benzene rings is 2. The third-order valence-electron chi connectivity index (χ3n) is 6.31. The van der Waals surface area contributed by atoms with Gasteiger partial charge >= 0.3 is 12.4 Å². The van der Waals surface area contributed by atoms with Crippen molar-refractivity contribution in [3.05, 3.63) is 82.9 Å². The number of rotatable bonds is 7. The van der Waals surface area contributed by atoms with Gasteiger partial charge in [-0.25, -0.2) is 0 Å². The first-order chi connectivity index (χ1) is 16.7. The molecule has 1 saturated heterocycles. The molecular weight excluding hydrogens is 486 g/mol. The van der Waals surface area contributed by atoms with Crippen molar-refractivity contribution in [2.75, 3.05) is 13.2 Å². The molecule has 36 heavy (non-hydrogen) atoms. The van der Waals surface area contributed by atoms with Crippen LogP contribution in [-0.2, 0) is 27.4 Å². The molecular formula is C26H28F6N2O2. The van der Waals surface area contributed by atoms with Crippen LogP contribution in [0.25, 0.3) is 0 Å². The first-order valence-corrected chi connectivity index (χ1v) is 11.4. The quantitative estimate of drug-likeness (QED) is 0.345. The van der Waals surface area contributed by atoms with E-state index in [1.54, 1.807) is 6.92 Å². The van der Waals surface area contributed by atoms with Crippen LogP contribution in [0.5, 0.6) is 0 Å². The molecule has 1 aliphatic heterocycles. The average Bonchev–Trinajstić information content (AvgIpc) is 2.82. The van der Waals surface area contributed by atoms with Gasteiger partial charge in [-0.3, -0.25) is 4.79 Å². The van der Waals surface area contributed by atoms with Crippen LogP contribution in [0.1, 0.15) is 55.0 Å². The van der Waals surface area contributed by atoms with Gasteiger partial charge in [0, 0.05) is 18.2 Å². The van der Waals surface area contributed by atoms with Crippen LogP contribution in [0.3, 0.4) is 0 Å². The Balaban J connectivity index is 1.82. The fraction of sp³-hybridized carbons (Fsp3) is 0.423. The molecule has 0 bridgehead atoms. The molecule has 1 heterocycles. The summed E-state index contributed by atoms with van der Waals surface area (Å²) in [7, 11) is 0. The third kappa shape index (κ3) is 6.67. The van der Waals surface area contributed by atoms with Gasteiger partial charge in [-0.15, -0.1) is 0 Å². The number of carbonyl (C=O) groups is 1. The van der Waals surface area contributed by atoms with E-state index in [0.29, 0.717) is 37.1 Å². The lowest BCUT2D eigenvalue weighted by atomic mass is 9.81. The normalized spacial score (nSPS) is 21.6. The zero-order chi connectivity index (χ0) is 26.7. The van der Waals surface area contributed by atoms with E-state index in [1.165, 1.54) is 6.92 Å². The zero-order valence-corrected chi connectivity index (χ0v) is 19.9. The van der Waals surface area contributed by atoms with E-state index >= 15 is 0 Å². The number of piperidine rings is 1. The lowest BCUT2D eigenvalue weighted by Gasteiger charge is -2.42. The summed E-state index contributed by atoms with van der Waals surface area (Å²) in [5, 5.41) is 6.28. The monoisotopic (exact) mass is 514 g/mol. The van der Waals surface area contributed by atoms with E-state index in [0.717, 1.165) is 5.56 Å². The lowest BCUT2D eigenvalue weighted by Crippen LogP contribution is -2.57. The molecule has 1 aliphatic rings. The molecule has 2 aromatic rings. The van der Waals surface area contributed by atoms with Crippen LogP contribution >= 0.6 is 0 Å². The van der Waals surface area contributed by atoms with E-state index in [-0.39, 0.29) is 30.2 Å². The van der Waals surface area contributed by atoms with Gasteiger partial charge in [0.1, 0.15) is 0 Å². The number of hydrogen-bond acceptors (Lipinski definition) is 3. The van der Waals surface area contributed by atoms with Gasteiger partial charge in [-0.1, -0.05) is 36.9 Å². The molecule has 3 rings (SSSR count). The largest absolute Gasteiger partial charge is 0.416 e. The van der Waals surface area contributed by atoms with Crippen molar-refractivity contribution in [2.45, 2.75) is 56.7 Å². The molecule has 1 amide bonds. The Bertz CT molecular complexity index is 1040. The summed E-state index contributed by atoms with van der Waals surface area (Å²) in [6.07, 6.45) is -9.82. The first-order valence-electron chi connectivity index (χ1n) is 11.4. The summed E-state index contributed by atoms with van der Waals surface area (Å²) < 4.78 is 85.6. The summed E-state index contributed by atoms with van der Waals surface area (Å²) in [6.45, 7) is 7.04. The van der Waals surface area contributed by atoms with Crippen molar-refractivity contribution in [3.63, 3.8) is 0 Å². The van der Waals surface area contributed by atoms with Crippen LogP contribution < -0.4 is 10.6 Å². The first kappa shape index (κ1) is 27.7. The van der Waals surface area contributed by atoms with Crippen LogP contribution in [0.4, 0.5) is 26.3 Å². The Morgan fingerprint density at radius 1 is 1.11 bits per heavy atom. The summed E-state index contributed by atoms with van der Waals surface area (Å²) >= 11 is 0. The fourth-order valence-electron chi connectivity index (χ4n) is 4.15. The van der Waals surface area contributed by atoms with Crippen molar-refractivity contribution < 1.29 is 35.9 Å². The highest BCUT2D eigenvalue weighted by molar-refractivity contribution is 5.92. The Labute approximate surface area is 205 Å². The molecule has 0 aliphatic carbocycles. The molecule has 2 N–H and O–H groups in total. The molecule has 0 saturated carbocycles. The number of amides is 1. The number of hydrogen-bond donors (Lipinski definition) is 2. The number of halogens is 6. The molecule has 0 spiro atoms. The highest BCUT2D eigenvalue weighted by atomic mass is 19.4. The highest BCUT2D eigenvalue weighted by Crippen LogP contribution is 2.39. The second kappa shape index (κ2) is 10.6. The molecule has 196 valence electrons. The molecule has 0 radical (unpaired) electrons. The predicted molar refractivity (Wildman–Crippen MR) is 123 cm³/mol. The Kier molecular flexibility index (Phi) is 8.20. The Morgan fingerprint density at radius 3 is 2.17 bits per heavy atom. The molecule has 2 aromatic carbocycles. The summed E-state index contributed by atoms with van der Waals surface area (Å²) in [5.74, 6) is -0.260. The predicted octanol–water partition coefficient (Wildman–Crippen LogP) is 6.14. The smallest absolute Gasteiger partial charge is 0.372 e. The second-order valence-electron chi connectivity index (χ2n) is 9.11. The minimum absolute atomic E-state index is 0.00305. The SMILES string of the molecule is C=C(C)C(=O)N[C@H]1CC[C@@](COC(C)c2cc(C(F)(F)F)cc(C(F)(F)F)c2)(c2ccccc2)NC1. The van der Waals surface area contributed by atoms with Crippen molar-refractivity contribution in [2.24, 2.45) is 0 Å². The highest BCUT2D eigenvalue weighted by Gasteiger charge is 2.39. The Hall–Kier alpha value is -2.85. The van der Waals surface area contributed by atoms with Gasteiger partial charge in [-0.05, 0) is 56.0 Å². The van der Waals surface area contributed by atoms with Crippen LogP contribution in [0.2, 0.25) is 0 Å². The molecule has 4 nitrogen and oxygen atoms in total. The molecule has 1 unspecified atom stereocenters. The number of ether oxygens (including phenoxy) is 1. The van der Waals surface area contributed by atoms with Crippen LogP contribution in [0.15, 0.2) is 60.7 Å².